The molecule has 0 spiro atoms. The number of nitrogens with zero attached hydrogens (tertiary/aromatic N) is 3. The van der Waals surface area contributed by atoms with E-state index in [1.54, 1.807) is 12.5 Å². The van der Waals surface area contributed by atoms with Crippen LogP contribution in [0.25, 0.3) is 16.9 Å². The summed E-state index contributed by atoms with van der Waals surface area (Å²) in [6, 6.07) is 11.7. The lowest BCUT2D eigenvalue weighted by atomic mass is 10.1. The number of hydrogen-bond donors (Lipinski definition) is 1. The number of benzene rings is 1. The van der Waals surface area contributed by atoms with Crippen LogP contribution in [0.5, 0.6) is 0 Å². The molecule has 5 nitrogen and oxygen atoms in total. The quantitative estimate of drug-likeness (QED) is 0.780. The Morgan fingerprint density at radius 2 is 2.04 bits per heavy atom. The minimum Gasteiger partial charge on any atom is -0.324 e. The zero-order valence-corrected chi connectivity index (χ0v) is 13.4. The summed E-state index contributed by atoms with van der Waals surface area (Å²) < 4.78 is 1.93. The zero-order chi connectivity index (χ0) is 16.2. The molecular weight excluding hydrogens is 288 g/mol. The van der Waals surface area contributed by atoms with Crippen molar-refractivity contribution in [1.82, 2.24) is 14.5 Å². The van der Waals surface area contributed by atoms with Gasteiger partial charge in [0.2, 0.25) is 5.91 Å². The largest absolute Gasteiger partial charge is 0.324 e. The van der Waals surface area contributed by atoms with Gasteiger partial charge in [-0.3, -0.25) is 9.36 Å². The number of amides is 1. The number of carbonyl (C=O) groups excluding carboxylic acids is 1. The van der Waals surface area contributed by atoms with Crippen molar-refractivity contribution in [2.75, 3.05) is 5.32 Å². The maximum atomic E-state index is 12.0. The Balaban J connectivity index is 1.78. The molecule has 0 saturated heterocycles. The summed E-state index contributed by atoms with van der Waals surface area (Å²) in [5, 5.41) is 2.91. The van der Waals surface area contributed by atoms with Crippen molar-refractivity contribution < 1.29 is 4.79 Å². The van der Waals surface area contributed by atoms with E-state index in [1.807, 2.05) is 47.9 Å². The summed E-state index contributed by atoms with van der Waals surface area (Å²) in [5.41, 5.74) is 2.65. The third-order valence-electron chi connectivity index (χ3n) is 3.89. The second-order valence-corrected chi connectivity index (χ2v) is 5.69. The minimum absolute atomic E-state index is 0.0114. The van der Waals surface area contributed by atoms with Crippen molar-refractivity contribution in [2.45, 2.75) is 26.7 Å². The van der Waals surface area contributed by atoms with Crippen molar-refractivity contribution in [3.05, 3.63) is 48.9 Å². The highest BCUT2D eigenvalue weighted by Crippen LogP contribution is 2.18. The third kappa shape index (κ3) is 3.23. The second-order valence-electron chi connectivity index (χ2n) is 5.69. The molecule has 1 unspecified atom stereocenters. The van der Waals surface area contributed by atoms with E-state index in [9.17, 15) is 4.79 Å². The van der Waals surface area contributed by atoms with Crippen LogP contribution in [-0.4, -0.2) is 20.4 Å². The number of pyridine rings is 1. The first-order valence-electron chi connectivity index (χ1n) is 7.88. The number of hydrogen-bond acceptors (Lipinski definition) is 3. The first-order valence-corrected chi connectivity index (χ1v) is 7.88. The van der Waals surface area contributed by atoms with Crippen molar-refractivity contribution in [2.24, 2.45) is 5.92 Å². The molecule has 0 aliphatic carbocycles. The van der Waals surface area contributed by atoms with Gasteiger partial charge in [0, 0.05) is 5.92 Å². The van der Waals surface area contributed by atoms with Crippen molar-refractivity contribution >= 4 is 22.6 Å². The highest BCUT2D eigenvalue weighted by molar-refractivity contribution is 5.92. The van der Waals surface area contributed by atoms with Gasteiger partial charge in [0.15, 0.2) is 0 Å². The third-order valence-corrected chi connectivity index (χ3v) is 3.89. The van der Waals surface area contributed by atoms with E-state index in [1.165, 1.54) is 0 Å². The lowest BCUT2D eigenvalue weighted by Gasteiger charge is -2.11. The van der Waals surface area contributed by atoms with Gasteiger partial charge in [-0.05, 0) is 30.7 Å². The monoisotopic (exact) mass is 308 g/mol. The Kier molecular flexibility index (Phi) is 4.37. The second kappa shape index (κ2) is 6.60. The van der Waals surface area contributed by atoms with Crippen LogP contribution >= 0.6 is 0 Å². The lowest BCUT2D eigenvalue weighted by Crippen LogP contribution is -2.20. The van der Waals surface area contributed by atoms with Gasteiger partial charge in [0.1, 0.15) is 12.1 Å². The molecule has 3 rings (SSSR count). The molecule has 2 heterocycles. The zero-order valence-electron chi connectivity index (χ0n) is 13.4. The van der Waals surface area contributed by atoms with E-state index in [0.717, 1.165) is 29.7 Å². The number of anilines is 1. The summed E-state index contributed by atoms with van der Waals surface area (Å²) in [6.07, 6.45) is 5.33. The molecule has 2 aromatic heterocycles. The number of rotatable bonds is 5. The maximum absolute atomic E-state index is 12.0. The Bertz CT molecular complexity index is 807. The standard InChI is InChI=1S/C18H20N4O/c1-3-6-13(2)18(23)21-14-9-10-17(19-11-14)22-12-20-15-7-4-5-8-16(15)22/h4-5,7-13H,3,6H2,1-2H3,(H,21,23). The van der Waals surface area contributed by atoms with Crippen LogP contribution in [0, 0.1) is 5.92 Å². The smallest absolute Gasteiger partial charge is 0.227 e. The van der Waals surface area contributed by atoms with Gasteiger partial charge in [-0.25, -0.2) is 9.97 Å². The molecular formula is C18H20N4O. The average molecular weight is 308 g/mol. The van der Waals surface area contributed by atoms with E-state index < -0.39 is 0 Å². The van der Waals surface area contributed by atoms with Crippen LogP contribution in [0.4, 0.5) is 5.69 Å². The van der Waals surface area contributed by atoms with Gasteiger partial charge >= 0.3 is 0 Å². The predicted octanol–water partition coefficient (Wildman–Crippen LogP) is 3.80. The fourth-order valence-electron chi connectivity index (χ4n) is 2.57. The molecule has 0 fully saturated rings. The van der Waals surface area contributed by atoms with Gasteiger partial charge in [0.25, 0.3) is 0 Å². The average Bonchev–Trinajstić information content (AvgIpc) is 3.00. The molecule has 0 radical (unpaired) electrons. The van der Waals surface area contributed by atoms with Crippen LogP contribution in [0.2, 0.25) is 0 Å². The predicted molar refractivity (Wildman–Crippen MR) is 91.6 cm³/mol. The minimum atomic E-state index is 0.0114. The number of fused-ring (bicyclic) bond motifs is 1. The molecule has 0 aliphatic rings. The Labute approximate surface area is 135 Å². The number of aromatic nitrogens is 3. The normalized spacial score (nSPS) is 12.3. The molecule has 0 saturated carbocycles. The number of carbonyl (C=O) groups is 1. The summed E-state index contributed by atoms with van der Waals surface area (Å²) in [7, 11) is 0. The molecule has 1 N–H and O–H groups in total. The van der Waals surface area contributed by atoms with Crippen LogP contribution < -0.4 is 5.32 Å². The molecule has 1 atom stereocenters. The molecule has 23 heavy (non-hydrogen) atoms. The van der Waals surface area contributed by atoms with Gasteiger partial charge in [-0.15, -0.1) is 0 Å². The fraction of sp³-hybridized carbons (Fsp3) is 0.278. The summed E-state index contributed by atoms with van der Waals surface area (Å²) in [4.78, 5) is 20.8. The summed E-state index contributed by atoms with van der Waals surface area (Å²) in [6.45, 7) is 4.02. The highest BCUT2D eigenvalue weighted by Gasteiger charge is 2.12. The number of imidazole rings is 1. The molecule has 3 aromatic rings. The molecule has 1 aromatic carbocycles. The van der Waals surface area contributed by atoms with E-state index in [-0.39, 0.29) is 11.8 Å². The highest BCUT2D eigenvalue weighted by atomic mass is 16.1. The first-order chi connectivity index (χ1) is 11.2. The first kappa shape index (κ1) is 15.2. The molecule has 0 aliphatic heterocycles. The SMILES string of the molecule is CCCC(C)C(=O)Nc1ccc(-n2cnc3ccccc32)nc1. The van der Waals surface area contributed by atoms with E-state index in [0.29, 0.717) is 5.69 Å². The van der Waals surface area contributed by atoms with Crippen molar-refractivity contribution in [3.8, 4) is 5.82 Å². The number of nitrogens with one attached hydrogen (secondary N) is 1. The van der Waals surface area contributed by atoms with Gasteiger partial charge < -0.3 is 5.32 Å². The van der Waals surface area contributed by atoms with Gasteiger partial charge in [0.05, 0.1) is 22.9 Å². The van der Waals surface area contributed by atoms with E-state index >= 15 is 0 Å². The van der Waals surface area contributed by atoms with Gasteiger partial charge in [-0.2, -0.15) is 0 Å². The van der Waals surface area contributed by atoms with Crippen LogP contribution in [-0.2, 0) is 4.79 Å². The Morgan fingerprint density at radius 3 is 2.78 bits per heavy atom. The molecule has 1 amide bonds. The lowest BCUT2D eigenvalue weighted by molar-refractivity contribution is -0.119. The van der Waals surface area contributed by atoms with E-state index in [2.05, 4.69) is 22.2 Å². The van der Waals surface area contributed by atoms with Crippen molar-refractivity contribution in [3.63, 3.8) is 0 Å². The maximum Gasteiger partial charge on any atom is 0.227 e. The van der Waals surface area contributed by atoms with Crippen LogP contribution in [0.3, 0.4) is 0 Å². The fourth-order valence-corrected chi connectivity index (χ4v) is 2.57. The summed E-state index contributed by atoms with van der Waals surface area (Å²) >= 11 is 0. The molecule has 0 bridgehead atoms. The van der Waals surface area contributed by atoms with Crippen LogP contribution in [0.1, 0.15) is 26.7 Å². The number of para-hydroxylation sites is 2. The Morgan fingerprint density at radius 1 is 1.22 bits per heavy atom. The summed E-state index contributed by atoms with van der Waals surface area (Å²) in [5.74, 6) is 0.824. The van der Waals surface area contributed by atoms with E-state index in [4.69, 9.17) is 0 Å². The molecule has 5 heteroatoms. The van der Waals surface area contributed by atoms with Crippen LogP contribution in [0.15, 0.2) is 48.9 Å². The van der Waals surface area contributed by atoms with Crippen molar-refractivity contribution in [1.29, 1.82) is 0 Å². The molecule has 118 valence electrons. The topological polar surface area (TPSA) is 59.8 Å². The Hall–Kier alpha value is -2.69. The van der Waals surface area contributed by atoms with Gasteiger partial charge in [-0.1, -0.05) is 32.4 Å².